The first-order chi connectivity index (χ1) is 4.68. The maximum absolute atomic E-state index is 9.62. The van der Waals surface area contributed by atoms with Crippen LogP contribution in [0.15, 0.2) is 0 Å². The molecule has 0 aromatic rings. The van der Waals surface area contributed by atoms with Crippen LogP contribution in [0.3, 0.4) is 0 Å². The predicted octanol–water partition coefficient (Wildman–Crippen LogP) is 1.09. The summed E-state index contributed by atoms with van der Waals surface area (Å²) < 4.78 is -2.17. The van der Waals surface area contributed by atoms with E-state index in [2.05, 4.69) is 0 Å². The number of carbonyl (C=O) groups is 1. The number of nitrogens with zero attached hydrogens (tertiary/aromatic N) is 1. The van der Waals surface area contributed by atoms with Gasteiger partial charge in [-0.25, -0.2) is 4.79 Å². The first-order valence-electron chi connectivity index (χ1n) is 1.81. The van der Waals surface area contributed by atoms with Crippen molar-refractivity contribution in [1.29, 1.82) is 0 Å². The van der Waals surface area contributed by atoms with E-state index in [-0.39, 0.29) is 0 Å². The fourth-order valence-electron chi connectivity index (χ4n) is 0. The van der Waals surface area contributed by atoms with Crippen LogP contribution in [0.5, 0.6) is 0 Å². The Bertz CT molecular complexity index is 148. The van der Waals surface area contributed by atoms with Crippen molar-refractivity contribution in [3.63, 3.8) is 0 Å². The average Bonchev–Trinajstić information content (AvgIpc) is 1.59. The summed E-state index contributed by atoms with van der Waals surface area (Å²) in [4.78, 5) is 18.0. The number of alkyl halides is 3. The zero-order chi connectivity index (χ0) is 9.65. The van der Waals surface area contributed by atoms with E-state index in [1.54, 1.807) is 0 Å². The molecule has 0 saturated carbocycles. The van der Waals surface area contributed by atoms with E-state index < -0.39 is 14.8 Å². The molecule has 66 valence electrons. The normalized spacial score (nSPS) is 9.36. The highest BCUT2D eigenvalue weighted by atomic mass is 35.6. The maximum Gasteiger partial charge on any atom is 0.356 e. The third-order valence-corrected chi connectivity index (χ3v) is 0.728. The minimum Gasteiger partial charge on any atom is -0.478 e. The molecule has 0 amide bonds. The van der Waals surface area contributed by atoms with Crippen molar-refractivity contribution in [2.45, 2.75) is 3.79 Å². The molecule has 0 heterocycles. The summed E-state index contributed by atoms with van der Waals surface area (Å²) in [5.41, 5.74) is 0. The van der Waals surface area contributed by atoms with E-state index in [1.165, 1.54) is 0 Å². The largest absolute Gasteiger partial charge is 0.478 e. The van der Waals surface area contributed by atoms with E-state index >= 15 is 0 Å². The maximum atomic E-state index is 9.62. The second kappa shape index (κ2) is 5.22. The number of hydrogen-bond acceptors (Lipinski definition) is 3. The van der Waals surface area contributed by atoms with Gasteiger partial charge in [0.1, 0.15) is 0 Å². The molecule has 0 radical (unpaired) electrons. The Hall–Kier alpha value is -0.460. The molecule has 2 N–H and O–H groups in total. The van der Waals surface area contributed by atoms with Gasteiger partial charge >= 0.3 is 5.97 Å². The second-order valence-electron chi connectivity index (χ2n) is 1.04. The van der Waals surface area contributed by atoms with Crippen molar-refractivity contribution in [3.05, 3.63) is 10.1 Å². The lowest BCUT2D eigenvalue weighted by molar-refractivity contribution is -0.742. The van der Waals surface area contributed by atoms with Crippen molar-refractivity contribution in [3.8, 4) is 0 Å². The molecule has 0 rings (SSSR count). The van der Waals surface area contributed by atoms with Gasteiger partial charge in [-0.3, -0.25) is 0 Å². The van der Waals surface area contributed by atoms with Crippen LogP contribution in [-0.4, -0.2) is 25.2 Å². The fourth-order valence-corrected chi connectivity index (χ4v) is 0. The van der Waals surface area contributed by atoms with Crippen LogP contribution in [0, 0.1) is 10.1 Å². The first-order valence-corrected chi connectivity index (χ1v) is 2.94. The van der Waals surface area contributed by atoms with Gasteiger partial charge in [0, 0.05) is 0 Å². The lowest BCUT2D eigenvalue weighted by atomic mass is 10.8. The predicted molar refractivity (Wildman–Crippen MR) is 36.7 cm³/mol. The summed E-state index contributed by atoms with van der Waals surface area (Å²) >= 11 is 14.4. The smallest absolute Gasteiger partial charge is 0.356 e. The summed E-state index contributed by atoms with van der Waals surface area (Å²) in [5.74, 6) is -1.46. The zero-order valence-electron chi connectivity index (χ0n) is 4.70. The Morgan fingerprint density at radius 3 is 1.55 bits per heavy atom. The van der Waals surface area contributed by atoms with Crippen LogP contribution in [0.25, 0.3) is 0 Å². The lowest BCUT2D eigenvalue weighted by Crippen LogP contribution is -2.16. The van der Waals surface area contributed by atoms with Crippen LogP contribution < -0.4 is 0 Å². The summed E-state index contributed by atoms with van der Waals surface area (Å²) in [7, 11) is 0. The van der Waals surface area contributed by atoms with Crippen LogP contribution in [0.1, 0.15) is 0 Å². The lowest BCUT2D eigenvalue weighted by Gasteiger charge is -1.99. The fraction of sp³-hybridized carbons (Fsp3) is 0.500. The Morgan fingerprint density at radius 1 is 1.45 bits per heavy atom. The van der Waals surface area contributed by atoms with E-state index in [1.807, 2.05) is 0 Å². The van der Waals surface area contributed by atoms with Crippen molar-refractivity contribution in [2.75, 3.05) is 0 Å². The monoisotopic (exact) mass is 225 g/mol. The number of rotatable bonds is 0. The average molecular weight is 226 g/mol. The molecule has 0 atom stereocenters. The highest BCUT2D eigenvalue weighted by molar-refractivity contribution is 6.75. The van der Waals surface area contributed by atoms with Gasteiger partial charge in [0.25, 0.3) is 8.88 Å². The van der Waals surface area contributed by atoms with Crippen molar-refractivity contribution in [1.82, 2.24) is 0 Å². The van der Waals surface area contributed by atoms with Gasteiger partial charge in [0.2, 0.25) is 0 Å². The van der Waals surface area contributed by atoms with Gasteiger partial charge in [-0.15, -0.1) is 10.1 Å². The standard InChI is InChI=1S/C2HCl3O2.HNO3/c3-2(4,5)1(6)7;2-1(3)4/h(H,6,7);(H,2,3,4). The molecule has 0 saturated heterocycles. The Balaban J connectivity index is 0. The third-order valence-electron chi connectivity index (χ3n) is 0.243. The molecule has 0 aliphatic rings. The van der Waals surface area contributed by atoms with E-state index in [0.29, 0.717) is 0 Å². The molecule has 0 aromatic heterocycles. The van der Waals surface area contributed by atoms with Crippen molar-refractivity contribution in [2.24, 2.45) is 0 Å². The molecule has 0 fully saturated rings. The van der Waals surface area contributed by atoms with Crippen LogP contribution >= 0.6 is 34.8 Å². The number of aliphatic carboxylic acids is 1. The molecule has 0 spiro atoms. The summed E-state index contributed by atoms with van der Waals surface area (Å²) in [6.45, 7) is 0. The number of carboxylic acid groups (broad SMARTS) is 1. The van der Waals surface area contributed by atoms with E-state index in [4.69, 9.17) is 55.2 Å². The summed E-state index contributed by atoms with van der Waals surface area (Å²) in [6.07, 6.45) is 0. The Kier molecular flexibility index (Phi) is 6.25. The Morgan fingerprint density at radius 2 is 1.55 bits per heavy atom. The number of carboxylic acids is 1. The molecule has 9 heteroatoms. The molecular formula is C2H2Cl3NO5. The highest BCUT2D eigenvalue weighted by Crippen LogP contribution is 2.25. The molecule has 11 heavy (non-hydrogen) atoms. The SMILES string of the molecule is O=C(O)C(Cl)(Cl)Cl.O=[N+]([O-])O. The van der Waals surface area contributed by atoms with Gasteiger partial charge in [0.15, 0.2) is 0 Å². The molecule has 0 aliphatic carbocycles. The van der Waals surface area contributed by atoms with Crippen LogP contribution in [-0.2, 0) is 4.79 Å². The molecule has 6 nitrogen and oxygen atoms in total. The third kappa shape index (κ3) is 17.7. The first kappa shape index (κ1) is 13.2. The van der Waals surface area contributed by atoms with Crippen LogP contribution in [0.2, 0.25) is 0 Å². The van der Waals surface area contributed by atoms with Gasteiger partial charge in [-0.1, -0.05) is 34.8 Å². The quantitative estimate of drug-likeness (QED) is 0.366. The minimum atomic E-state index is -2.17. The Labute approximate surface area is 75.4 Å². The summed E-state index contributed by atoms with van der Waals surface area (Å²) in [5, 5.41) is 21.5. The number of halogens is 3. The van der Waals surface area contributed by atoms with Gasteiger partial charge < -0.3 is 10.3 Å². The zero-order valence-corrected chi connectivity index (χ0v) is 6.97. The molecule has 0 bridgehead atoms. The van der Waals surface area contributed by atoms with E-state index in [9.17, 15) is 4.79 Å². The van der Waals surface area contributed by atoms with Gasteiger partial charge in [0.05, 0.1) is 0 Å². The minimum absolute atomic E-state index is 1.46. The van der Waals surface area contributed by atoms with Crippen LogP contribution in [0.4, 0.5) is 0 Å². The van der Waals surface area contributed by atoms with Gasteiger partial charge in [-0.05, 0) is 0 Å². The molecular weight excluding hydrogens is 224 g/mol. The highest BCUT2D eigenvalue weighted by Gasteiger charge is 2.29. The van der Waals surface area contributed by atoms with Crippen molar-refractivity contribution < 1.29 is 20.2 Å². The van der Waals surface area contributed by atoms with Crippen molar-refractivity contribution >= 4 is 40.8 Å². The summed E-state index contributed by atoms with van der Waals surface area (Å²) in [6, 6.07) is 0. The molecule has 0 aromatic carbocycles. The van der Waals surface area contributed by atoms with E-state index in [0.717, 1.165) is 0 Å². The van der Waals surface area contributed by atoms with Gasteiger partial charge in [-0.2, -0.15) is 0 Å². The second-order valence-corrected chi connectivity index (χ2v) is 3.32. The molecule has 0 aliphatic heterocycles. The number of hydrogen-bond donors (Lipinski definition) is 2. The molecule has 0 unspecified atom stereocenters. The topological polar surface area (TPSA) is 101 Å².